The first-order valence-electron chi connectivity index (χ1n) is 9.72. The highest BCUT2D eigenvalue weighted by atomic mass is 32.1. The van der Waals surface area contributed by atoms with Gasteiger partial charge < -0.3 is 19.5 Å². The number of fused-ring (bicyclic) bond motifs is 2. The summed E-state index contributed by atoms with van der Waals surface area (Å²) in [6, 6.07) is 16.8. The number of anilines is 1. The Morgan fingerprint density at radius 3 is 2.67 bits per heavy atom. The molecule has 0 radical (unpaired) electrons. The highest BCUT2D eigenvalue weighted by molar-refractivity contribution is 7.12. The number of carbonyl (C=O) groups excluding carboxylic acids is 2. The summed E-state index contributed by atoms with van der Waals surface area (Å²) >= 11 is 1.38. The minimum absolute atomic E-state index is 0.152. The molecular weight excluding hydrogens is 404 g/mol. The Hall–Kier alpha value is -2.94. The zero-order valence-corrected chi connectivity index (χ0v) is 16.8. The second-order valence-electron chi connectivity index (χ2n) is 7.25. The summed E-state index contributed by atoms with van der Waals surface area (Å²) in [6.07, 6.45) is -1.84. The molecular formula is C22H20N2O5S. The van der Waals surface area contributed by atoms with Gasteiger partial charge in [0.05, 0.1) is 29.8 Å². The minimum atomic E-state index is -0.560. The number of nitrogens with one attached hydrogen (secondary N) is 2. The third kappa shape index (κ3) is 3.65. The van der Waals surface area contributed by atoms with Crippen molar-refractivity contribution in [2.24, 2.45) is 0 Å². The molecule has 5 rings (SSSR count). The number of benzene rings is 2. The fraction of sp³-hybridized carbons (Fsp3) is 0.273. The predicted octanol–water partition coefficient (Wildman–Crippen LogP) is 3.41. The third-order valence-corrected chi connectivity index (χ3v) is 6.22. The molecule has 2 fully saturated rings. The van der Waals surface area contributed by atoms with Crippen molar-refractivity contribution in [1.82, 2.24) is 5.32 Å². The van der Waals surface area contributed by atoms with E-state index in [-0.39, 0.29) is 24.7 Å². The quantitative estimate of drug-likeness (QED) is 0.670. The van der Waals surface area contributed by atoms with Gasteiger partial charge in [0.25, 0.3) is 5.91 Å². The lowest BCUT2D eigenvalue weighted by Gasteiger charge is -2.18. The molecule has 2 saturated heterocycles. The first-order valence-corrected chi connectivity index (χ1v) is 10.6. The van der Waals surface area contributed by atoms with E-state index in [1.165, 1.54) is 11.3 Å². The summed E-state index contributed by atoms with van der Waals surface area (Å²) in [7, 11) is 0. The Morgan fingerprint density at radius 1 is 0.967 bits per heavy atom. The smallest absolute Gasteiger partial charge is 0.412 e. The van der Waals surface area contributed by atoms with E-state index >= 15 is 0 Å². The van der Waals surface area contributed by atoms with Gasteiger partial charge in [-0.3, -0.25) is 10.1 Å². The Balaban J connectivity index is 1.21. The monoisotopic (exact) mass is 424 g/mol. The fourth-order valence-electron chi connectivity index (χ4n) is 3.95. The Kier molecular flexibility index (Phi) is 5.12. The average molecular weight is 424 g/mol. The van der Waals surface area contributed by atoms with Gasteiger partial charge in [0, 0.05) is 5.39 Å². The first-order chi connectivity index (χ1) is 14.7. The molecule has 0 bridgehead atoms. The molecule has 7 nitrogen and oxygen atoms in total. The minimum Gasteiger partial charge on any atom is -0.441 e. The Labute approximate surface area is 176 Å². The van der Waals surface area contributed by atoms with Gasteiger partial charge in [-0.25, -0.2) is 4.79 Å². The Morgan fingerprint density at radius 2 is 1.80 bits per heavy atom. The summed E-state index contributed by atoms with van der Waals surface area (Å²) in [6.45, 7) is 0.543. The molecule has 2 aromatic carbocycles. The zero-order chi connectivity index (χ0) is 20.5. The normalized spacial score (nSPS) is 25.1. The molecule has 0 saturated carbocycles. The number of carbonyl (C=O) groups is 2. The molecule has 0 spiro atoms. The van der Waals surface area contributed by atoms with Crippen molar-refractivity contribution in [3.05, 3.63) is 64.9 Å². The van der Waals surface area contributed by atoms with Gasteiger partial charge in [-0.2, -0.15) is 0 Å². The summed E-state index contributed by atoms with van der Waals surface area (Å²) in [5.74, 6) is -0.152. The lowest BCUT2D eigenvalue weighted by atomic mass is 10.1. The molecule has 4 atom stereocenters. The van der Waals surface area contributed by atoms with Gasteiger partial charge in [-0.1, -0.05) is 42.5 Å². The topological polar surface area (TPSA) is 85.9 Å². The largest absolute Gasteiger partial charge is 0.441 e. The number of hydrogen-bond acceptors (Lipinski definition) is 6. The van der Waals surface area contributed by atoms with Crippen LogP contribution in [0.5, 0.6) is 0 Å². The second kappa shape index (κ2) is 8.06. The highest BCUT2D eigenvalue weighted by Crippen LogP contribution is 2.30. The molecule has 0 aliphatic carbocycles. The molecule has 8 heteroatoms. The predicted molar refractivity (Wildman–Crippen MR) is 113 cm³/mol. The lowest BCUT2D eigenvalue weighted by molar-refractivity contribution is 0.00863. The van der Waals surface area contributed by atoms with Crippen LogP contribution in [0.2, 0.25) is 0 Å². The molecule has 3 heterocycles. The lowest BCUT2D eigenvalue weighted by Crippen LogP contribution is -2.44. The molecule has 2 amide bonds. The van der Waals surface area contributed by atoms with Gasteiger partial charge in [0.15, 0.2) is 6.10 Å². The number of thiophene rings is 1. The molecule has 3 aromatic rings. The van der Waals surface area contributed by atoms with E-state index in [9.17, 15) is 9.59 Å². The van der Waals surface area contributed by atoms with E-state index in [2.05, 4.69) is 10.6 Å². The van der Waals surface area contributed by atoms with E-state index < -0.39 is 18.3 Å². The number of hydrogen-bond donors (Lipinski definition) is 2. The van der Waals surface area contributed by atoms with Gasteiger partial charge >= 0.3 is 6.09 Å². The van der Waals surface area contributed by atoms with Gasteiger partial charge in [0.1, 0.15) is 12.2 Å². The van der Waals surface area contributed by atoms with Gasteiger partial charge in [0.2, 0.25) is 0 Å². The molecule has 1 aromatic heterocycles. The fourth-order valence-corrected chi connectivity index (χ4v) is 4.57. The standard InChI is InChI=1S/C22H20N2O5S/c25-21(18-9-4-10-30-18)23-16-11-27-20-17(12-28-19(16)20)29-22(26)24-15-8-3-6-13-5-1-2-7-14(13)15/h1-10,16-17,19-20H,11-12H2,(H,23,25)(H,24,26)/t16-,17-,19-,20+/m0/s1. The Bertz CT molecular complexity index is 1070. The number of amides is 2. The van der Waals surface area contributed by atoms with E-state index in [0.717, 1.165) is 10.8 Å². The summed E-state index contributed by atoms with van der Waals surface area (Å²) in [4.78, 5) is 25.5. The van der Waals surface area contributed by atoms with E-state index in [1.54, 1.807) is 6.07 Å². The van der Waals surface area contributed by atoms with Crippen LogP contribution in [0.25, 0.3) is 10.8 Å². The number of rotatable bonds is 4. The van der Waals surface area contributed by atoms with Crippen molar-refractivity contribution in [1.29, 1.82) is 0 Å². The molecule has 30 heavy (non-hydrogen) atoms. The van der Waals surface area contributed by atoms with Crippen LogP contribution in [0.3, 0.4) is 0 Å². The maximum atomic E-state index is 12.5. The molecule has 2 aliphatic rings. The zero-order valence-electron chi connectivity index (χ0n) is 15.9. The van der Waals surface area contributed by atoms with Crippen molar-refractivity contribution in [2.45, 2.75) is 24.4 Å². The van der Waals surface area contributed by atoms with Gasteiger partial charge in [-0.05, 0) is 22.9 Å². The van der Waals surface area contributed by atoms with E-state index in [1.807, 2.05) is 53.9 Å². The van der Waals surface area contributed by atoms with Crippen molar-refractivity contribution in [3.63, 3.8) is 0 Å². The molecule has 0 unspecified atom stereocenters. The number of ether oxygens (including phenoxy) is 3. The highest BCUT2D eigenvalue weighted by Gasteiger charge is 2.50. The second-order valence-corrected chi connectivity index (χ2v) is 8.20. The van der Waals surface area contributed by atoms with Crippen LogP contribution in [0.4, 0.5) is 10.5 Å². The van der Waals surface area contributed by atoms with Crippen LogP contribution in [-0.4, -0.2) is 49.6 Å². The van der Waals surface area contributed by atoms with Crippen LogP contribution in [0, 0.1) is 0 Å². The summed E-state index contributed by atoms with van der Waals surface area (Å²) in [5.41, 5.74) is 0.682. The van der Waals surface area contributed by atoms with Gasteiger partial charge in [-0.15, -0.1) is 11.3 Å². The maximum absolute atomic E-state index is 12.5. The van der Waals surface area contributed by atoms with E-state index in [4.69, 9.17) is 14.2 Å². The van der Waals surface area contributed by atoms with Crippen molar-refractivity contribution in [3.8, 4) is 0 Å². The van der Waals surface area contributed by atoms with Crippen LogP contribution >= 0.6 is 11.3 Å². The molecule has 2 aliphatic heterocycles. The SMILES string of the molecule is O=C(Nc1cccc2ccccc12)O[C@H]1CO[C@@H]2[C@@H]1OC[C@@H]2NC(=O)c1cccs1. The first kappa shape index (κ1) is 19.0. The van der Waals surface area contributed by atoms with Crippen molar-refractivity contribution >= 4 is 39.8 Å². The summed E-state index contributed by atoms with van der Waals surface area (Å²) < 4.78 is 17.2. The van der Waals surface area contributed by atoms with Crippen molar-refractivity contribution in [2.75, 3.05) is 18.5 Å². The molecule has 2 N–H and O–H groups in total. The van der Waals surface area contributed by atoms with Crippen LogP contribution < -0.4 is 10.6 Å². The van der Waals surface area contributed by atoms with Crippen LogP contribution in [0.15, 0.2) is 60.0 Å². The third-order valence-electron chi connectivity index (χ3n) is 5.35. The van der Waals surface area contributed by atoms with E-state index in [0.29, 0.717) is 17.2 Å². The van der Waals surface area contributed by atoms with Crippen molar-refractivity contribution < 1.29 is 23.8 Å². The average Bonchev–Trinajstić information content (AvgIpc) is 3.49. The van der Waals surface area contributed by atoms with Crippen LogP contribution in [0.1, 0.15) is 9.67 Å². The van der Waals surface area contributed by atoms with Crippen LogP contribution in [-0.2, 0) is 14.2 Å². The summed E-state index contributed by atoms with van der Waals surface area (Å²) in [5, 5.41) is 9.59. The maximum Gasteiger partial charge on any atom is 0.412 e. The molecule has 154 valence electrons.